The normalized spacial score (nSPS) is 11.6. The van der Waals surface area contributed by atoms with Gasteiger partial charge in [-0.1, -0.05) is 12.1 Å². The second kappa shape index (κ2) is 7.67. The molecule has 0 aliphatic heterocycles. The van der Waals surface area contributed by atoms with Crippen LogP contribution in [-0.4, -0.2) is 41.5 Å². The lowest BCUT2D eigenvalue weighted by atomic mass is 10.1. The molecular formula is C15H21NO4. The molecule has 0 saturated heterocycles. The molecule has 0 atom stereocenters. The van der Waals surface area contributed by atoms with Gasteiger partial charge in [0.05, 0.1) is 25.4 Å². The van der Waals surface area contributed by atoms with E-state index in [1.165, 1.54) is 6.08 Å². The summed E-state index contributed by atoms with van der Waals surface area (Å²) in [6.07, 6.45) is 3.01. The molecule has 20 heavy (non-hydrogen) atoms. The Morgan fingerprint density at radius 1 is 1.30 bits per heavy atom. The Hall–Kier alpha value is -1.85. The maximum atomic E-state index is 11.7. The second-order valence-electron chi connectivity index (χ2n) is 4.70. The second-order valence-corrected chi connectivity index (χ2v) is 4.70. The largest absolute Gasteiger partial charge is 0.494 e. The number of benzene rings is 1. The van der Waals surface area contributed by atoms with Crippen LogP contribution < -0.4 is 10.1 Å². The summed E-state index contributed by atoms with van der Waals surface area (Å²) in [6.45, 7) is 3.43. The van der Waals surface area contributed by atoms with E-state index >= 15 is 0 Å². The molecule has 110 valence electrons. The molecule has 0 aliphatic rings. The predicted octanol–water partition coefficient (Wildman–Crippen LogP) is 0.958. The van der Waals surface area contributed by atoms with Crippen molar-refractivity contribution in [3.05, 3.63) is 35.9 Å². The average molecular weight is 279 g/mol. The van der Waals surface area contributed by atoms with E-state index in [0.717, 1.165) is 11.3 Å². The molecule has 0 aliphatic carbocycles. The highest BCUT2D eigenvalue weighted by molar-refractivity contribution is 5.92. The maximum absolute atomic E-state index is 11.7. The van der Waals surface area contributed by atoms with Gasteiger partial charge in [-0.15, -0.1) is 0 Å². The maximum Gasteiger partial charge on any atom is 0.244 e. The molecule has 0 saturated carbocycles. The first kappa shape index (κ1) is 16.2. The number of hydrogen-bond acceptors (Lipinski definition) is 4. The molecule has 0 spiro atoms. The third-order valence-corrected chi connectivity index (χ3v) is 2.74. The van der Waals surface area contributed by atoms with Crippen LogP contribution in [0.15, 0.2) is 30.3 Å². The van der Waals surface area contributed by atoms with Gasteiger partial charge in [-0.3, -0.25) is 4.79 Å². The SMILES string of the molecule is CCOc1ccc(/C=C/C(=O)NC(C)(CO)CO)cc1. The van der Waals surface area contributed by atoms with Gasteiger partial charge in [-0.25, -0.2) is 0 Å². The van der Waals surface area contributed by atoms with Crippen LogP contribution in [0.2, 0.25) is 0 Å². The molecule has 5 nitrogen and oxygen atoms in total. The summed E-state index contributed by atoms with van der Waals surface area (Å²) in [5.41, 5.74) is -0.154. The van der Waals surface area contributed by atoms with E-state index in [1.54, 1.807) is 13.0 Å². The van der Waals surface area contributed by atoms with Crippen LogP contribution in [0.1, 0.15) is 19.4 Å². The van der Waals surface area contributed by atoms with Crippen molar-refractivity contribution >= 4 is 12.0 Å². The molecule has 1 amide bonds. The molecule has 0 radical (unpaired) electrons. The Kier molecular flexibility index (Phi) is 6.21. The topological polar surface area (TPSA) is 78.8 Å². The lowest BCUT2D eigenvalue weighted by molar-refractivity contribution is -0.119. The van der Waals surface area contributed by atoms with Crippen LogP contribution >= 0.6 is 0 Å². The number of rotatable bonds is 7. The number of amides is 1. The van der Waals surface area contributed by atoms with E-state index in [4.69, 9.17) is 14.9 Å². The van der Waals surface area contributed by atoms with Crippen molar-refractivity contribution in [3.8, 4) is 5.75 Å². The molecular weight excluding hydrogens is 258 g/mol. The van der Waals surface area contributed by atoms with Crippen molar-refractivity contribution in [2.24, 2.45) is 0 Å². The quantitative estimate of drug-likeness (QED) is 0.650. The fraction of sp³-hybridized carbons (Fsp3) is 0.400. The van der Waals surface area contributed by atoms with Gasteiger partial charge in [-0.2, -0.15) is 0 Å². The number of nitrogens with one attached hydrogen (secondary N) is 1. The number of carbonyl (C=O) groups excluding carboxylic acids is 1. The minimum atomic E-state index is -1.01. The molecule has 0 heterocycles. The third kappa shape index (κ3) is 5.03. The zero-order valence-electron chi connectivity index (χ0n) is 11.8. The molecule has 0 fully saturated rings. The summed E-state index contributed by atoms with van der Waals surface area (Å²) in [4.78, 5) is 11.7. The van der Waals surface area contributed by atoms with Crippen molar-refractivity contribution in [2.75, 3.05) is 19.8 Å². The molecule has 1 rings (SSSR count). The molecule has 3 N–H and O–H groups in total. The van der Waals surface area contributed by atoms with Crippen molar-refractivity contribution in [3.63, 3.8) is 0 Å². The first-order chi connectivity index (χ1) is 9.53. The van der Waals surface area contributed by atoms with Crippen LogP contribution in [0.5, 0.6) is 5.75 Å². The summed E-state index contributed by atoms with van der Waals surface area (Å²) in [5.74, 6) is 0.409. The Labute approximate surface area is 118 Å². The van der Waals surface area contributed by atoms with Crippen LogP contribution in [0.25, 0.3) is 6.08 Å². The van der Waals surface area contributed by atoms with E-state index in [2.05, 4.69) is 5.32 Å². The van der Waals surface area contributed by atoms with Crippen LogP contribution in [-0.2, 0) is 4.79 Å². The van der Waals surface area contributed by atoms with Crippen LogP contribution in [0.3, 0.4) is 0 Å². The summed E-state index contributed by atoms with van der Waals surface area (Å²) in [7, 11) is 0. The number of ether oxygens (including phenoxy) is 1. The fourth-order valence-corrected chi connectivity index (χ4v) is 1.48. The van der Waals surface area contributed by atoms with Crippen molar-refractivity contribution < 1.29 is 19.7 Å². The van der Waals surface area contributed by atoms with E-state index in [0.29, 0.717) is 6.61 Å². The Balaban J connectivity index is 2.61. The van der Waals surface area contributed by atoms with E-state index in [-0.39, 0.29) is 19.1 Å². The number of carbonyl (C=O) groups is 1. The zero-order chi connectivity index (χ0) is 15.0. The van der Waals surface area contributed by atoms with Crippen molar-refractivity contribution in [1.82, 2.24) is 5.32 Å². The Morgan fingerprint density at radius 2 is 1.90 bits per heavy atom. The average Bonchev–Trinajstić information content (AvgIpc) is 2.47. The molecule has 0 unspecified atom stereocenters. The molecule has 0 aromatic heterocycles. The van der Waals surface area contributed by atoms with Gasteiger partial charge >= 0.3 is 0 Å². The molecule has 1 aromatic carbocycles. The van der Waals surface area contributed by atoms with Gasteiger partial charge in [0.1, 0.15) is 5.75 Å². The standard InChI is InChI=1S/C15H21NO4/c1-3-20-13-7-4-12(5-8-13)6-9-14(19)16-15(2,10-17)11-18/h4-9,17-18H,3,10-11H2,1-2H3,(H,16,19)/b9-6+. The number of aliphatic hydroxyl groups is 2. The van der Waals surface area contributed by atoms with E-state index < -0.39 is 5.54 Å². The zero-order valence-corrected chi connectivity index (χ0v) is 11.8. The minimum absolute atomic E-state index is 0.327. The first-order valence-corrected chi connectivity index (χ1v) is 6.48. The van der Waals surface area contributed by atoms with Gasteiger partial charge in [-0.05, 0) is 37.6 Å². The minimum Gasteiger partial charge on any atom is -0.494 e. The summed E-state index contributed by atoms with van der Waals surface area (Å²) >= 11 is 0. The monoisotopic (exact) mass is 279 g/mol. The smallest absolute Gasteiger partial charge is 0.244 e. The van der Waals surface area contributed by atoms with Gasteiger partial charge in [0.25, 0.3) is 0 Å². The van der Waals surface area contributed by atoms with Gasteiger partial charge in [0, 0.05) is 6.08 Å². The summed E-state index contributed by atoms with van der Waals surface area (Å²) < 4.78 is 5.32. The predicted molar refractivity (Wildman–Crippen MR) is 77.4 cm³/mol. The Bertz CT molecular complexity index is 449. The molecule has 5 heteroatoms. The number of hydrogen-bond donors (Lipinski definition) is 3. The number of aliphatic hydroxyl groups excluding tert-OH is 2. The van der Waals surface area contributed by atoms with Gasteiger partial charge < -0.3 is 20.3 Å². The fourth-order valence-electron chi connectivity index (χ4n) is 1.48. The lowest BCUT2D eigenvalue weighted by Crippen LogP contribution is -2.51. The molecule has 1 aromatic rings. The highest BCUT2D eigenvalue weighted by Gasteiger charge is 2.23. The molecule has 0 bridgehead atoms. The third-order valence-electron chi connectivity index (χ3n) is 2.74. The van der Waals surface area contributed by atoms with Crippen LogP contribution in [0, 0.1) is 0 Å². The summed E-state index contributed by atoms with van der Waals surface area (Å²) in [5, 5.41) is 20.7. The van der Waals surface area contributed by atoms with Crippen molar-refractivity contribution in [2.45, 2.75) is 19.4 Å². The van der Waals surface area contributed by atoms with E-state index in [9.17, 15) is 4.79 Å². The summed E-state index contributed by atoms with van der Waals surface area (Å²) in [6, 6.07) is 7.33. The van der Waals surface area contributed by atoms with E-state index in [1.807, 2.05) is 31.2 Å². The highest BCUT2D eigenvalue weighted by Crippen LogP contribution is 2.13. The van der Waals surface area contributed by atoms with Crippen LogP contribution in [0.4, 0.5) is 0 Å². The Morgan fingerprint density at radius 3 is 2.40 bits per heavy atom. The lowest BCUT2D eigenvalue weighted by Gasteiger charge is -2.25. The highest BCUT2D eigenvalue weighted by atomic mass is 16.5. The van der Waals surface area contributed by atoms with Gasteiger partial charge in [0.15, 0.2) is 0 Å². The van der Waals surface area contributed by atoms with Gasteiger partial charge in [0.2, 0.25) is 5.91 Å². The van der Waals surface area contributed by atoms with Crippen molar-refractivity contribution in [1.29, 1.82) is 0 Å². The first-order valence-electron chi connectivity index (χ1n) is 6.48.